The van der Waals surface area contributed by atoms with Gasteiger partial charge < -0.3 is 5.32 Å². The van der Waals surface area contributed by atoms with Gasteiger partial charge in [0.2, 0.25) is 0 Å². The number of piperidine rings is 1. The maximum absolute atomic E-state index is 4.58. The van der Waals surface area contributed by atoms with Crippen LogP contribution in [0.15, 0.2) is 0 Å². The minimum Gasteiger partial charge on any atom is -0.317 e. The Bertz CT molecular complexity index is 350. The Kier molecular flexibility index (Phi) is 4.15. The fourth-order valence-corrected chi connectivity index (χ4v) is 2.37. The molecule has 4 nitrogen and oxygen atoms in total. The van der Waals surface area contributed by atoms with Gasteiger partial charge in [0.15, 0.2) is 5.82 Å². The van der Waals surface area contributed by atoms with Crippen molar-refractivity contribution in [2.75, 3.05) is 13.1 Å². The van der Waals surface area contributed by atoms with Crippen molar-refractivity contribution in [2.45, 2.75) is 52.5 Å². The lowest BCUT2D eigenvalue weighted by molar-refractivity contribution is 0.330. The molecule has 0 bridgehead atoms. The normalized spacial score (nSPS) is 17.9. The molecule has 1 aliphatic rings. The van der Waals surface area contributed by atoms with Crippen molar-refractivity contribution < 1.29 is 0 Å². The third kappa shape index (κ3) is 3.28. The summed E-state index contributed by atoms with van der Waals surface area (Å²) >= 11 is 0. The highest BCUT2D eigenvalue weighted by Gasteiger charge is 2.14. The van der Waals surface area contributed by atoms with Crippen molar-refractivity contribution >= 4 is 0 Å². The molecule has 1 saturated heterocycles. The van der Waals surface area contributed by atoms with Crippen LogP contribution < -0.4 is 5.32 Å². The van der Waals surface area contributed by atoms with Gasteiger partial charge in [-0.1, -0.05) is 13.8 Å². The van der Waals surface area contributed by atoms with E-state index in [2.05, 4.69) is 40.9 Å². The molecule has 1 aromatic heterocycles. The number of hydrogen-bond donors (Lipinski definition) is 1. The van der Waals surface area contributed by atoms with Gasteiger partial charge in [-0.3, -0.25) is 4.68 Å². The Hall–Kier alpha value is -0.900. The standard InChI is InChI=1S/C13H24N4/c1-10(2)13-15-11(3)17(16-13)9-6-12-4-7-14-8-5-12/h10,12,14H,4-9H2,1-3H3. The molecule has 1 N–H and O–H groups in total. The molecule has 96 valence electrons. The zero-order valence-corrected chi connectivity index (χ0v) is 11.2. The van der Waals surface area contributed by atoms with Crippen LogP contribution in [-0.2, 0) is 6.54 Å². The minimum absolute atomic E-state index is 0.425. The molecule has 1 aliphatic heterocycles. The topological polar surface area (TPSA) is 42.7 Å². The van der Waals surface area contributed by atoms with Crippen molar-refractivity contribution in [2.24, 2.45) is 5.92 Å². The second-order valence-corrected chi connectivity index (χ2v) is 5.38. The number of aryl methyl sites for hydroxylation is 2. The SMILES string of the molecule is Cc1nc(C(C)C)nn1CCC1CCNCC1. The summed E-state index contributed by atoms with van der Waals surface area (Å²) in [6.45, 7) is 9.73. The molecular weight excluding hydrogens is 212 g/mol. The van der Waals surface area contributed by atoms with Gasteiger partial charge in [-0.2, -0.15) is 5.10 Å². The third-order valence-corrected chi connectivity index (χ3v) is 3.60. The lowest BCUT2D eigenvalue weighted by Gasteiger charge is -2.22. The van der Waals surface area contributed by atoms with Gasteiger partial charge in [-0.25, -0.2) is 4.98 Å². The number of hydrogen-bond acceptors (Lipinski definition) is 3. The molecule has 0 amide bonds. The molecule has 0 radical (unpaired) electrons. The molecule has 17 heavy (non-hydrogen) atoms. The lowest BCUT2D eigenvalue weighted by atomic mass is 9.95. The van der Waals surface area contributed by atoms with Crippen LogP contribution >= 0.6 is 0 Å². The second kappa shape index (κ2) is 5.63. The maximum Gasteiger partial charge on any atom is 0.153 e. The molecule has 1 aromatic rings. The Morgan fingerprint density at radius 3 is 2.65 bits per heavy atom. The quantitative estimate of drug-likeness (QED) is 0.870. The van der Waals surface area contributed by atoms with Crippen molar-refractivity contribution in [3.05, 3.63) is 11.6 Å². The average Bonchev–Trinajstić information content (AvgIpc) is 2.70. The number of rotatable bonds is 4. The molecule has 0 spiro atoms. The molecule has 0 aromatic carbocycles. The van der Waals surface area contributed by atoms with Crippen molar-refractivity contribution in [3.8, 4) is 0 Å². The van der Waals surface area contributed by atoms with Crippen LogP contribution in [0, 0.1) is 12.8 Å². The number of nitrogens with zero attached hydrogens (tertiary/aromatic N) is 3. The van der Waals surface area contributed by atoms with E-state index in [0.717, 1.165) is 24.1 Å². The first-order valence-corrected chi connectivity index (χ1v) is 6.79. The molecule has 2 heterocycles. The smallest absolute Gasteiger partial charge is 0.153 e. The van der Waals surface area contributed by atoms with Gasteiger partial charge in [0.25, 0.3) is 0 Å². The fraction of sp³-hybridized carbons (Fsp3) is 0.846. The monoisotopic (exact) mass is 236 g/mol. The van der Waals surface area contributed by atoms with Crippen LogP contribution in [0.25, 0.3) is 0 Å². The van der Waals surface area contributed by atoms with E-state index < -0.39 is 0 Å². The fourth-order valence-electron chi connectivity index (χ4n) is 2.37. The summed E-state index contributed by atoms with van der Waals surface area (Å²) in [6.07, 6.45) is 3.86. The third-order valence-electron chi connectivity index (χ3n) is 3.60. The highest BCUT2D eigenvalue weighted by molar-refractivity contribution is 4.95. The Balaban J connectivity index is 1.89. The van der Waals surface area contributed by atoms with E-state index >= 15 is 0 Å². The van der Waals surface area contributed by atoms with E-state index in [0.29, 0.717) is 5.92 Å². The zero-order chi connectivity index (χ0) is 12.3. The van der Waals surface area contributed by atoms with Crippen LogP contribution in [-0.4, -0.2) is 27.9 Å². The highest BCUT2D eigenvalue weighted by Crippen LogP contribution is 2.17. The zero-order valence-electron chi connectivity index (χ0n) is 11.2. The number of aromatic nitrogens is 3. The van der Waals surface area contributed by atoms with Gasteiger partial charge in [0.1, 0.15) is 5.82 Å². The van der Waals surface area contributed by atoms with E-state index in [9.17, 15) is 0 Å². The number of nitrogens with one attached hydrogen (secondary N) is 1. The summed E-state index contributed by atoms with van der Waals surface area (Å²) in [5.41, 5.74) is 0. The summed E-state index contributed by atoms with van der Waals surface area (Å²) in [5.74, 6) is 3.33. The summed E-state index contributed by atoms with van der Waals surface area (Å²) in [5, 5.41) is 7.99. The van der Waals surface area contributed by atoms with Crippen molar-refractivity contribution in [3.63, 3.8) is 0 Å². The predicted molar refractivity (Wildman–Crippen MR) is 69.1 cm³/mol. The molecule has 0 atom stereocenters. The van der Waals surface area contributed by atoms with Crippen LogP contribution in [0.2, 0.25) is 0 Å². The van der Waals surface area contributed by atoms with Crippen LogP contribution in [0.3, 0.4) is 0 Å². The van der Waals surface area contributed by atoms with Gasteiger partial charge in [-0.05, 0) is 45.2 Å². The second-order valence-electron chi connectivity index (χ2n) is 5.38. The molecule has 0 unspecified atom stereocenters. The maximum atomic E-state index is 4.58. The molecule has 0 saturated carbocycles. The first kappa shape index (κ1) is 12.6. The highest BCUT2D eigenvalue weighted by atomic mass is 15.3. The van der Waals surface area contributed by atoms with Gasteiger partial charge in [0.05, 0.1) is 0 Å². The predicted octanol–water partition coefficient (Wildman–Crippen LogP) is 2.10. The van der Waals surface area contributed by atoms with E-state index in [1.54, 1.807) is 0 Å². The van der Waals surface area contributed by atoms with Gasteiger partial charge in [0, 0.05) is 12.5 Å². The summed E-state index contributed by atoms with van der Waals surface area (Å²) < 4.78 is 2.08. The summed E-state index contributed by atoms with van der Waals surface area (Å²) in [4.78, 5) is 4.51. The van der Waals surface area contributed by atoms with E-state index in [1.165, 1.54) is 32.4 Å². The molecule has 1 fully saturated rings. The van der Waals surface area contributed by atoms with E-state index in [4.69, 9.17) is 0 Å². The van der Waals surface area contributed by atoms with Gasteiger partial charge >= 0.3 is 0 Å². The molecule has 2 rings (SSSR count). The van der Waals surface area contributed by atoms with Crippen molar-refractivity contribution in [1.29, 1.82) is 0 Å². The van der Waals surface area contributed by atoms with Crippen LogP contribution in [0.4, 0.5) is 0 Å². The van der Waals surface area contributed by atoms with E-state index in [1.807, 2.05) is 0 Å². The van der Waals surface area contributed by atoms with Gasteiger partial charge in [-0.15, -0.1) is 0 Å². The molecule has 0 aliphatic carbocycles. The largest absolute Gasteiger partial charge is 0.317 e. The lowest BCUT2D eigenvalue weighted by Crippen LogP contribution is -2.28. The minimum atomic E-state index is 0.425. The van der Waals surface area contributed by atoms with Crippen molar-refractivity contribution in [1.82, 2.24) is 20.1 Å². The first-order valence-electron chi connectivity index (χ1n) is 6.79. The summed E-state index contributed by atoms with van der Waals surface area (Å²) in [7, 11) is 0. The van der Waals surface area contributed by atoms with Crippen LogP contribution in [0.1, 0.15) is 50.7 Å². The molecule has 4 heteroatoms. The summed E-state index contributed by atoms with van der Waals surface area (Å²) in [6, 6.07) is 0. The van der Waals surface area contributed by atoms with E-state index in [-0.39, 0.29) is 0 Å². The Labute approximate surface area is 104 Å². The Morgan fingerprint density at radius 1 is 1.35 bits per heavy atom. The van der Waals surface area contributed by atoms with Crippen LogP contribution in [0.5, 0.6) is 0 Å². The molecular formula is C13H24N4. The average molecular weight is 236 g/mol. The first-order chi connectivity index (χ1) is 8.16. The Morgan fingerprint density at radius 2 is 2.06 bits per heavy atom.